The van der Waals surface area contributed by atoms with Crippen molar-refractivity contribution in [2.75, 3.05) is 0 Å². The van der Waals surface area contributed by atoms with Crippen LogP contribution in [-0.4, -0.2) is 9.97 Å². The van der Waals surface area contributed by atoms with Gasteiger partial charge in [0.25, 0.3) is 0 Å². The Balaban J connectivity index is 3.03. The van der Waals surface area contributed by atoms with Crippen molar-refractivity contribution in [1.29, 1.82) is 0 Å². The molecule has 0 atom stereocenters. The fraction of sp³-hybridized carbons (Fsp3) is 0.111. The van der Waals surface area contributed by atoms with Crippen LogP contribution in [0.25, 0.3) is 10.9 Å². The van der Waals surface area contributed by atoms with Crippen LogP contribution in [0.2, 0.25) is 0 Å². The summed E-state index contributed by atoms with van der Waals surface area (Å²) < 4.78 is 1.11. The van der Waals surface area contributed by atoms with Crippen molar-refractivity contribution in [2.45, 2.75) is 6.92 Å². The monoisotopic (exact) mass is 286 g/mol. The van der Waals surface area contributed by atoms with Crippen LogP contribution in [0.3, 0.4) is 0 Å². The highest BCUT2D eigenvalue weighted by molar-refractivity contribution is 14.1. The van der Waals surface area contributed by atoms with E-state index in [4.69, 9.17) is 0 Å². The molecule has 13 heavy (non-hydrogen) atoms. The Hall–Kier alpha value is -0.910. The lowest BCUT2D eigenvalue weighted by Crippen LogP contribution is -2.11. The highest BCUT2D eigenvalue weighted by atomic mass is 127. The van der Waals surface area contributed by atoms with Gasteiger partial charge in [-0.05, 0) is 41.6 Å². The largest absolute Gasteiger partial charge is 0.345 e. The number of hydrogen-bond acceptors (Lipinski definition) is 2. The maximum Gasteiger partial charge on any atom is 0.345 e. The second kappa shape index (κ2) is 3.10. The third-order valence-corrected chi connectivity index (χ3v) is 2.78. The highest BCUT2D eigenvalue weighted by Gasteiger charge is 2.03. The van der Waals surface area contributed by atoms with Crippen LogP contribution in [0, 0.1) is 10.5 Å². The fourth-order valence-corrected chi connectivity index (χ4v) is 2.23. The van der Waals surface area contributed by atoms with Gasteiger partial charge in [-0.15, -0.1) is 0 Å². The van der Waals surface area contributed by atoms with Crippen LogP contribution in [0.15, 0.2) is 23.0 Å². The van der Waals surface area contributed by atoms with E-state index in [1.54, 1.807) is 0 Å². The molecule has 0 saturated heterocycles. The number of benzene rings is 1. The zero-order chi connectivity index (χ0) is 9.42. The molecule has 0 unspecified atom stereocenters. The summed E-state index contributed by atoms with van der Waals surface area (Å²) >= 11 is 2.23. The predicted octanol–water partition coefficient (Wildman–Crippen LogP) is 1.84. The van der Waals surface area contributed by atoms with Crippen molar-refractivity contribution < 1.29 is 0 Å². The molecule has 0 aliphatic rings. The van der Waals surface area contributed by atoms with Crippen molar-refractivity contribution in [1.82, 2.24) is 9.97 Å². The summed E-state index contributed by atoms with van der Waals surface area (Å²) in [6.45, 7) is 1.88. The van der Waals surface area contributed by atoms with Gasteiger partial charge in [0.05, 0.1) is 5.52 Å². The number of hydrogen-bond donors (Lipinski definition) is 1. The topological polar surface area (TPSA) is 45.8 Å². The lowest BCUT2D eigenvalue weighted by molar-refractivity contribution is 1.07. The van der Waals surface area contributed by atoms with Gasteiger partial charge in [-0.3, -0.25) is 0 Å². The molecule has 0 aliphatic heterocycles. The number of fused-ring (bicyclic) bond motifs is 1. The minimum absolute atomic E-state index is 0.285. The van der Waals surface area contributed by atoms with Crippen LogP contribution in [-0.2, 0) is 0 Å². The number of aromatic amines is 1. The Bertz CT molecular complexity index is 518. The molecule has 66 valence electrons. The lowest BCUT2D eigenvalue weighted by atomic mass is 10.2. The standard InChI is InChI=1S/C9H7IN2O/c1-5-8-6(10)3-2-4-7(8)12-9(13)11-5/h2-4H,1H3,(H,11,12,13). The van der Waals surface area contributed by atoms with Crippen LogP contribution >= 0.6 is 22.6 Å². The molecule has 1 N–H and O–H groups in total. The maximum atomic E-state index is 11.0. The van der Waals surface area contributed by atoms with E-state index in [0.717, 1.165) is 20.2 Å². The minimum Gasteiger partial charge on any atom is -0.309 e. The SMILES string of the molecule is Cc1[nH]c(=O)nc2cccc(I)c12. The van der Waals surface area contributed by atoms with E-state index < -0.39 is 0 Å². The van der Waals surface area contributed by atoms with Crippen molar-refractivity contribution in [2.24, 2.45) is 0 Å². The molecular formula is C9H7IN2O. The van der Waals surface area contributed by atoms with Crippen molar-refractivity contribution in [3.63, 3.8) is 0 Å². The molecule has 2 rings (SSSR count). The smallest absolute Gasteiger partial charge is 0.309 e. The molecule has 0 radical (unpaired) electrons. The first-order chi connectivity index (χ1) is 6.18. The first kappa shape index (κ1) is 8.68. The quantitative estimate of drug-likeness (QED) is 0.751. The summed E-state index contributed by atoms with van der Waals surface area (Å²) in [5.74, 6) is 0. The van der Waals surface area contributed by atoms with E-state index in [9.17, 15) is 4.79 Å². The van der Waals surface area contributed by atoms with Crippen LogP contribution in [0.5, 0.6) is 0 Å². The summed E-state index contributed by atoms with van der Waals surface area (Å²) in [5.41, 5.74) is 1.35. The zero-order valence-electron chi connectivity index (χ0n) is 6.97. The minimum atomic E-state index is -0.285. The molecule has 0 bridgehead atoms. The first-order valence-corrected chi connectivity index (χ1v) is 4.91. The number of nitrogens with one attached hydrogen (secondary N) is 1. The predicted molar refractivity (Wildman–Crippen MR) is 59.8 cm³/mol. The lowest BCUT2D eigenvalue weighted by Gasteiger charge is -2.01. The Morgan fingerprint density at radius 3 is 3.00 bits per heavy atom. The summed E-state index contributed by atoms with van der Waals surface area (Å²) in [6, 6.07) is 5.74. The van der Waals surface area contributed by atoms with E-state index in [-0.39, 0.29) is 5.69 Å². The molecular weight excluding hydrogens is 279 g/mol. The number of aromatic nitrogens is 2. The average molecular weight is 286 g/mol. The maximum absolute atomic E-state index is 11.0. The van der Waals surface area contributed by atoms with Gasteiger partial charge in [-0.25, -0.2) is 4.79 Å². The first-order valence-electron chi connectivity index (χ1n) is 3.83. The molecule has 4 heteroatoms. The van der Waals surface area contributed by atoms with Gasteiger partial charge in [0, 0.05) is 14.7 Å². The van der Waals surface area contributed by atoms with Gasteiger partial charge in [-0.1, -0.05) is 6.07 Å². The Morgan fingerprint density at radius 2 is 2.23 bits per heavy atom. The summed E-state index contributed by atoms with van der Waals surface area (Å²) in [4.78, 5) is 17.6. The van der Waals surface area contributed by atoms with Gasteiger partial charge < -0.3 is 4.98 Å². The van der Waals surface area contributed by atoms with Crippen molar-refractivity contribution >= 4 is 33.5 Å². The summed E-state index contributed by atoms with van der Waals surface area (Å²) in [7, 11) is 0. The van der Waals surface area contributed by atoms with Gasteiger partial charge in [0.15, 0.2) is 0 Å². The molecule has 1 heterocycles. The molecule has 3 nitrogen and oxygen atoms in total. The van der Waals surface area contributed by atoms with Crippen molar-refractivity contribution in [3.8, 4) is 0 Å². The number of halogens is 1. The number of nitrogens with zero attached hydrogens (tertiary/aromatic N) is 1. The number of H-pyrrole nitrogens is 1. The molecule has 1 aromatic carbocycles. The van der Waals surface area contributed by atoms with E-state index in [2.05, 4.69) is 32.6 Å². The number of rotatable bonds is 0. The molecule has 2 aromatic rings. The molecule has 0 amide bonds. The van der Waals surface area contributed by atoms with Gasteiger partial charge in [0.1, 0.15) is 0 Å². The molecule has 0 aliphatic carbocycles. The molecule has 0 spiro atoms. The van der Waals surface area contributed by atoms with Crippen LogP contribution in [0.4, 0.5) is 0 Å². The Labute approximate surface area is 88.3 Å². The van der Waals surface area contributed by atoms with Gasteiger partial charge >= 0.3 is 5.69 Å². The van der Waals surface area contributed by atoms with Gasteiger partial charge in [0.2, 0.25) is 0 Å². The number of aryl methyl sites for hydroxylation is 1. The molecule has 0 fully saturated rings. The van der Waals surface area contributed by atoms with E-state index in [0.29, 0.717) is 0 Å². The van der Waals surface area contributed by atoms with E-state index >= 15 is 0 Å². The molecule has 0 saturated carbocycles. The van der Waals surface area contributed by atoms with E-state index in [1.165, 1.54) is 0 Å². The molecule has 1 aromatic heterocycles. The second-order valence-electron chi connectivity index (χ2n) is 2.80. The van der Waals surface area contributed by atoms with Crippen LogP contribution in [0.1, 0.15) is 5.69 Å². The van der Waals surface area contributed by atoms with Gasteiger partial charge in [-0.2, -0.15) is 4.98 Å². The van der Waals surface area contributed by atoms with E-state index in [1.807, 2.05) is 25.1 Å². The van der Waals surface area contributed by atoms with Crippen LogP contribution < -0.4 is 5.69 Å². The summed E-state index contributed by atoms with van der Waals surface area (Å²) in [5, 5.41) is 1.03. The second-order valence-corrected chi connectivity index (χ2v) is 3.96. The highest BCUT2D eigenvalue weighted by Crippen LogP contribution is 2.19. The summed E-state index contributed by atoms with van der Waals surface area (Å²) in [6.07, 6.45) is 0. The fourth-order valence-electron chi connectivity index (χ4n) is 1.34. The van der Waals surface area contributed by atoms with Crippen molar-refractivity contribution in [3.05, 3.63) is 37.9 Å². The third-order valence-electron chi connectivity index (χ3n) is 1.88. The average Bonchev–Trinajstić information content (AvgIpc) is 2.02. The normalized spacial score (nSPS) is 10.6. The Morgan fingerprint density at radius 1 is 1.46 bits per heavy atom. The third kappa shape index (κ3) is 1.46. The Kier molecular flexibility index (Phi) is 2.07. The zero-order valence-corrected chi connectivity index (χ0v) is 9.12.